The van der Waals surface area contributed by atoms with Gasteiger partial charge in [-0.05, 0) is 23.8 Å². The Kier molecular flexibility index (Phi) is 4.61. The second-order valence-electron chi connectivity index (χ2n) is 5.17. The molecule has 0 bridgehead atoms. The molecule has 1 fully saturated rings. The number of halogens is 1. The zero-order chi connectivity index (χ0) is 15.5. The first kappa shape index (κ1) is 15.3. The van der Waals surface area contributed by atoms with E-state index in [4.69, 9.17) is 14.9 Å². The number of hydrogen-bond donors (Lipinski definition) is 1. The zero-order valence-electron chi connectivity index (χ0n) is 12.0. The van der Waals surface area contributed by atoms with Crippen molar-refractivity contribution in [3.63, 3.8) is 0 Å². The minimum absolute atomic E-state index is 0.0493. The van der Waals surface area contributed by atoms with Gasteiger partial charge in [-0.3, -0.25) is 4.79 Å². The number of benzene rings is 1. The van der Waals surface area contributed by atoms with Crippen molar-refractivity contribution in [1.29, 1.82) is 0 Å². The van der Waals surface area contributed by atoms with E-state index >= 15 is 0 Å². The fourth-order valence-corrected chi connectivity index (χ4v) is 2.94. The summed E-state index contributed by atoms with van der Waals surface area (Å²) in [6.45, 7) is 1.91. The molecule has 0 aliphatic carbocycles. The number of carbonyl (C=O) groups is 1. The lowest BCUT2D eigenvalue weighted by Crippen LogP contribution is -2.42. The Labute approximate surface area is 137 Å². The van der Waals surface area contributed by atoms with Crippen LogP contribution in [0.2, 0.25) is 0 Å². The van der Waals surface area contributed by atoms with Gasteiger partial charge in [0.25, 0.3) is 5.91 Å². The molecule has 2 aromatic rings. The van der Waals surface area contributed by atoms with Crippen LogP contribution in [0.3, 0.4) is 0 Å². The SMILES string of the molecule is NCc1cc(C(=O)N2CCOC(c3cccc(Br)c3)C2)co1. The maximum Gasteiger partial charge on any atom is 0.257 e. The van der Waals surface area contributed by atoms with Gasteiger partial charge in [-0.15, -0.1) is 0 Å². The summed E-state index contributed by atoms with van der Waals surface area (Å²) in [6, 6.07) is 9.66. The monoisotopic (exact) mass is 364 g/mol. The van der Waals surface area contributed by atoms with Crippen molar-refractivity contribution in [2.24, 2.45) is 5.73 Å². The zero-order valence-corrected chi connectivity index (χ0v) is 13.6. The fraction of sp³-hybridized carbons (Fsp3) is 0.312. The maximum absolute atomic E-state index is 12.5. The van der Waals surface area contributed by atoms with Gasteiger partial charge in [0.1, 0.15) is 18.1 Å². The van der Waals surface area contributed by atoms with Crippen molar-refractivity contribution in [2.45, 2.75) is 12.6 Å². The highest BCUT2D eigenvalue weighted by Crippen LogP contribution is 2.25. The molecule has 1 aromatic heterocycles. The first-order valence-electron chi connectivity index (χ1n) is 7.11. The number of morpholine rings is 1. The van der Waals surface area contributed by atoms with Gasteiger partial charge in [0.15, 0.2) is 0 Å². The Balaban J connectivity index is 1.73. The number of rotatable bonds is 3. The molecular formula is C16H17BrN2O3. The maximum atomic E-state index is 12.5. The standard InChI is InChI=1S/C16H17BrN2O3/c17-13-3-1-2-11(6-13)15-9-19(4-5-21-15)16(20)12-7-14(8-18)22-10-12/h1-3,6-7,10,15H,4-5,8-9,18H2. The number of furan rings is 1. The van der Waals surface area contributed by atoms with Crippen molar-refractivity contribution in [3.8, 4) is 0 Å². The third kappa shape index (κ3) is 3.24. The molecule has 1 amide bonds. The number of nitrogens with zero attached hydrogens (tertiary/aromatic N) is 1. The molecule has 1 aromatic carbocycles. The van der Waals surface area contributed by atoms with Crippen molar-refractivity contribution in [3.05, 3.63) is 58.0 Å². The van der Waals surface area contributed by atoms with Crippen LogP contribution in [0.1, 0.15) is 27.8 Å². The van der Waals surface area contributed by atoms with Crippen LogP contribution >= 0.6 is 15.9 Å². The summed E-state index contributed by atoms with van der Waals surface area (Å²) in [4.78, 5) is 14.3. The largest absolute Gasteiger partial charge is 0.467 e. The fourth-order valence-electron chi connectivity index (χ4n) is 2.52. The van der Waals surface area contributed by atoms with Gasteiger partial charge in [-0.25, -0.2) is 0 Å². The minimum Gasteiger partial charge on any atom is -0.467 e. The number of hydrogen-bond acceptors (Lipinski definition) is 4. The van der Waals surface area contributed by atoms with E-state index in [2.05, 4.69) is 15.9 Å². The molecule has 0 radical (unpaired) electrons. The summed E-state index contributed by atoms with van der Waals surface area (Å²) in [5.74, 6) is 0.562. The molecule has 0 saturated carbocycles. The second-order valence-corrected chi connectivity index (χ2v) is 6.09. The van der Waals surface area contributed by atoms with Gasteiger partial charge in [0.2, 0.25) is 0 Å². The van der Waals surface area contributed by atoms with E-state index in [1.54, 1.807) is 11.0 Å². The highest BCUT2D eigenvalue weighted by atomic mass is 79.9. The molecule has 22 heavy (non-hydrogen) atoms. The molecular weight excluding hydrogens is 348 g/mol. The first-order chi connectivity index (χ1) is 10.7. The third-order valence-electron chi connectivity index (χ3n) is 3.68. The number of nitrogens with two attached hydrogens (primary N) is 1. The second kappa shape index (κ2) is 6.64. The molecule has 1 aliphatic rings. The summed E-state index contributed by atoms with van der Waals surface area (Å²) in [7, 11) is 0. The minimum atomic E-state index is -0.115. The summed E-state index contributed by atoms with van der Waals surface area (Å²) < 4.78 is 12.0. The van der Waals surface area contributed by atoms with Gasteiger partial charge in [-0.1, -0.05) is 28.1 Å². The van der Waals surface area contributed by atoms with Gasteiger partial charge >= 0.3 is 0 Å². The van der Waals surface area contributed by atoms with E-state index in [-0.39, 0.29) is 18.6 Å². The van der Waals surface area contributed by atoms with Gasteiger partial charge < -0.3 is 19.8 Å². The molecule has 1 aliphatic heterocycles. The molecule has 3 rings (SSSR count). The lowest BCUT2D eigenvalue weighted by molar-refractivity contribution is -0.0228. The van der Waals surface area contributed by atoms with E-state index < -0.39 is 0 Å². The Bertz CT molecular complexity index is 671. The van der Waals surface area contributed by atoms with E-state index in [1.807, 2.05) is 24.3 Å². The molecule has 1 unspecified atom stereocenters. The first-order valence-corrected chi connectivity index (χ1v) is 7.90. The highest BCUT2D eigenvalue weighted by molar-refractivity contribution is 9.10. The van der Waals surface area contributed by atoms with E-state index in [9.17, 15) is 4.79 Å². The van der Waals surface area contributed by atoms with Crippen LogP contribution in [0.5, 0.6) is 0 Å². The van der Waals surface area contributed by atoms with E-state index in [0.29, 0.717) is 31.0 Å². The van der Waals surface area contributed by atoms with Crippen LogP contribution in [-0.2, 0) is 11.3 Å². The van der Waals surface area contributed by atoms with Crippen LogP contribution in [0.15, 0.2) is 45.5 Å². The Morgan fingerprint density at radius 1 is 1.41 bits per heavy atom. The van der Waals surface area contributed by atoms with Crippen molar-refractivity contribution in [1.82, 2.24) is 4.90 Å². The van der Waals surface area contributed by atoms with Crippen molar-refractivity contribution in [2.75, 3.05) is 19.7 Å². The van der Waals surface area contributed by atoms with Crippen LogP contribution in [0.25, 0.3) is 0 Å². The molecule has 2 N–H and O–H groups in total. The summed E-state index contributed by atoms with van der Waals surface area (Å²) in [5, 5.41) is 0. The van der Waals surface area contributed by atoms with Crippen LogP contribution in [-0.4, -0.2) is 30.5 Å². The van der Waals surface area contributed by atoms with Gasteiger partial charge in [0.05, 0.1) is 25.3 Å². The lowest BCUT2D eigenvalue weighted by atomic mass is 10.1. The molecule has 0 spiro atoms. The third-order valence-corrected chi connectivity index (χ3v) is 4.17. The van der Waals surface area contributed by atoms with Gasteiger partial charge in [-0.2, -0.15) is 0 Å². The Morgan fingerprint density at radius 3 is 3.00 bits per heavy atom. The lowest BCUT2D eigenvalue weighted by Gasteiger charge is -2.33. The topological polar surface area (TPSA) is 68.7 Å². The van der Waals surface area contributed by atoms with Crippen molar-refractivity contribution < 1.29 is 13.9 Å². The number of ether oxygens (including phenoxy) is 1. The quantitative estimate of drug-likeness (QED) is 0.908. The predicted molar refractivity (Wildman–Crippen MR) is 85.3 cm³/mol. The highest BCUT2D eigenvalue weighted by Gasteiger charge is 2.27. The molecule has 1 atom stereocenters. The van der Waals surface area contributed by atoms with E-state index in [0.717, 1.165) is 10.0 Å². The molecule has 6 heteroatoms. The normalized spacial score (nSPS) is 18.5. The molecule has 116 valence electrons. The van der Waals surface area contributed by atoms with Crippen LogP contribution in [0, 0.1) is 0 Å². The number of carbonyl (C=O) groups excluding carboxylic acids is 1. The predicted octanol–water partition coefficient (Wildman–Crippen LogP) is 2.71. The molecule has 1 saturated heterocycles. The Morgan fingerprint density at radius 2 is 2.27 bits per heavy atom. The molecule has 2 heterocycles. The average Bonchev–Trinajstić information content (AvgIpc) is 3.03. The molecule has 5 nitrogen and oxygen atoms in total. The van der Waals surface area contributed by atoms with Crippen LogP contribution in [0.4, 0.5) is 0 Å². The van der Waals surface area contributed by atoms with Crippen LogP contribution < -0.4 is 5.73 Å². The Hall–Kier alpha value is -1.63. The average molecular weight is 365 g/mol. The summed E-state index contributed by atoms with van der Waals surface area (Å²) >= 11 is 3.46. The van der Waals surface area contributed by atoms with Gasteiger partial charge in [0, 0.05) is 11.0 Å². The number of amides is 1. The van der Waals surface area contributed by atoms with Crippen molar-refractivity contribution >= 4 is 21.8 Å². The van der Waals surface area contributed by atoms with E-state index in [1.165, 1.54) is 6.26 Å². The summed E-state index contributed by atoms with van der Waals surface area (Å²) in [6.07, 6.45) is 1.35. The summed E-state index contributed by atoms with van der Waals surface area (Å²) in [5.41, 5.74) is 7.11. The smallest absolute Gasteiger partial charge is 0.257 e.